The molecule has 0 bridgehead atoms. The van der Waals surface area contributed by atoms with E-state index in [0.29, 0.717) is 25.7 Å². The van der Waals surface area contributed by atoms with E-state index in [2.05, 4.69) is 5.32 Å². The van der Waals surface area contributed by atoms with E-state index in [-0.39, 0.29) is 22.7 Å². The standard InChI is InChI=1S/C14H16ClF3N2O/c15-11-3-1-2-10(14(16,17)18)12(11)20-13(21)8-4-6-9(19)7-5-8/h1-3,8-9H,4-7,19H2,(H,20,21). The minimum absolute atomic E-state index is 0.0695. The van der Waals surface area contributed by atoms with Crippen LogP contribution in [0.4, 0.5) is 18.9 Å². The minimum Gasteiger partial charge on any atom is -0.328 e. The van der Waals surface area contributed by atoms with Gasteiger partial charge in [0.1, 0.15) is 0 Å². The third-order valence-corrected chi connectivity index (χ3v) is 4.02. The van der Waals surface area contributed by atoms with Crippen molar-refractivity contribution >= 4 is 23.2 Å². The molecule has 1 amide bonds. The van der Waals surface area contributed by atoms with Crippen molar-refractivity contribution in [2.45, 2.75) is 37.9 Å². The van der Waals surface area contributed by atoms with Gasteiger partial charge in [0.05, 0.1) is 16.3 Å². The van der Waals surface area contributed by atoms with Crippen LogP contribution in [0.1, 0.15) is 31.2 Å². The molecule has 0 aliphatic heterocycles. The Kier molecular flexibility index (Phi) is 4.78. The van der Waals surface area contributed by atoms with Gasteiger partial charge >= 0.3 is 6.18 Å². The van der Waals surface area contributed by atoms with Gasteiger partial charge in [-0.15, -0.1) is 0 Å². The SMILES string of the molecule is NC1CCC(C(=O)Nc2c(Cl)cccc2C(F)(F)F)CC1. The smallest absolute Gasteiger partial charge is 0.328 e. The molecule has 116 valence electrons. The van der Waals surface area contributed by atoms with E-state index >= 15 is 0 Å². The first-order valence-electron chi connectivity index (χ1n) is 6.71. The number of rotatable bonds is 2. The lowest BCUT2D eigenvalue weighted by atomic mass is 9.86. The topological polar surface area (TPSA) is 55.1 Å². The molecule has 0 radical (unpaired) electrons. The average Bonchev–Trinajstić information content (AvgIpc) is 2.40. The Morgan fingerprint density at radius 3 is 2.43 bits per heavy atom. The van der Waals surface area contributed by atoms with Crippen LogP contribution in [0.25, 0.3) is 0 Å². The van der Waals surface area contributed by atoms with Crippen LogP contribution < -0.4 is 11.1 Å². The van der Waals surface area contributed by atoms with Crippen molar-refractivity contribution in [3.8, 4) is 0 Å². The monoisotopic (exact) mass is 320 g/mol. The molecular weight excluding hydrogens is 305 g/mol. The van der Waals surface area contributed by atoms with Crippen LogP contribution in [0.5, 0.6) is 0 Å². The van der Waals surface area contributed by atoms with Gasteiger partial charge in [0.2, 0.25) is 5.91 Å². The number of amides is 1. The number of para-hydroxylation sites is 1. The highest BCUT2D eigenvalue weighted by Gasteiger charge is 2.35. The summed E-state index contributed by atoms with van der Waals surface area (Å²) in [4.78, 5) is 12.1. The molecule has 0 spiro atoms. The van der Waals surface area contributed by atoms with E-state index in [9.17, 15) is 18.0 Å². The van der Waals surface area contributed by atoms with Crippen LogP contribution in [0, 0.1) is 5.92 Å². The van der Waals surface area contributed by atoms with Crippen LogP contribution in [0.2, 0.25) is 5.02 Å². The summed E-state index contributed by atoms with van der Waals surface area (Å²) in [7, 11) is 0. The fourth-order valence-electron chi connectivity index (χ4n) is 2.49. The maximum absolute atomic E-state index is 12.9. The molecule has 21 heavy (non-hydrogen) atoms. The highest BCUT2D eigenvalue weighted by molar-refractivity contribution is 6.34. The van der Waals surface area contributed by atoms with Crippen LogP contribution in [0.3, 0.4) is 0 Å². The molecule has 0 aromatic heterocycles. The van der Waals surface area contributed by atoms with Gasteiger partial charge < -0.3 is 11.1 Å². The van der Waals surface area contributed by atoms with E-state index < -0.39 is 17.6 Å². The van der Waals surface area contributed by atoms with Gasteiger partial charge in [0.25, 0.3) is 0 Å². The molecular formula is C14H16ClF3N2O. The number of anilines is 1. The second kappa shape index (κ2) is 6.23. The molecule has 1 aliphatic carbocycles. The van der Waals surface area contributed by atoms with Crippen molar-refractivity contribution in [3.63, 3.8) is 0 Å². The summed E-state index contributed by atoms with van der Waals surface area (Å²) in [6, 6.07) is 3.50. The Balaban J connectivity index is 2.17. The zero-order chi connectivity index (χ0) is 15.6. The van der Waals surface area contributed by atoms with Crippen molar-refractivity contribution in [3.05, 3.63) is 28.8 Å². The van der Waals surface area contributed by atoms with E-state index in [4.69, 9.17) is 17.3 Å². The quantitative estimate of drug-likeness (QED) is 0.870. The number of nitrogens with two attached hydrogens (primary N) is 1. The molecule has 1 fully saturated rings. The summed E-state index contributed by atoms with van der Waals surface area (Å²) >= 11 is 5.81. The number of nitrogens with one attached hydrogen (secondary N) is 1. The van der Waals surface area contributed by atoms with Crippen molar-refractivity contribution in [1.82, 2.24) is 0 Å². The average molecular weight is 321 g/mol. The summed E-state index contributed by atoms with van der Waals surface area (Å²) in [6.45, 7) is 0. The molecule has 1 saturated carbocycles. The van der Waals surface area contributed by atoms with Crippen molar-refractivity contribution < 1.29 is 18.0 Å². The molecule has 0 heterocycles. The van der Waals surface area contributed by atoms with Crippen molar-refractivity contribution in [2.75, 3.05) is 5.32 Å². The summed E-state index contributed by atoms with van der Waals surface area (Å²) < 4.78 is 38.8. The lowest BCUT2D eigenvalue weighted by molar-refractivity contribution is -0.137. The Hall–Kier alpha value is -1.27. The molecule has 2 rings (SSSR count). The van der Waals surface area contributed by atoms with Crippen LogP contribution in [-0.2, 0) is 11.0 Å². The Bertz CT molecular complexity index is 525. The fourth-order valence-corrected chi connectivity index (χ4v) is 2.72. The van der Waals surface area contributed by atoms with Gasteiger partial charge in [-0.3, -0.25) is 4.79 Å². The number of carbonyl (C=O) groups is 1. The summed E-state index contributed by atoms with van der Waals surface area (Å²) in [5.74, 6) is -0.748. The molecule has 3 N–H and O–H groups in total. The third kappa shape index (κ3) is 3.89. The van der Waals surface area contributed by atoms with Gasteiger partial charge in [0, 0.05) is 12.0 Å². The number of carbonyl (C=O) groups excluding carboxylic acids is 1. The predicted molar refractivity (Wildman–Crippen MR) is 75.0 cm³/mol. The zero-order valence-corrected chi connectivity index (χ0v) is 12.0. The lowest BCUT2D eigenvalue weighted by Gasteiger charge is -2.26. The molecule has 1 aromatic carbocycles. The van der Waals surface area contributed by atoms with Crippen molar-refractivity contribution in [1.29, 1.82) is 0 Å². The van der Waals surface area contributed by atoms with Gasteiger partial charge in [-0.05, 0) is 37.8 Å². The molecule has 0 atom stereocenters. The number of benzene rings is 1. The molecule has 0 unspecified atom stereocenters. The van der Waals surface area contributed by atoms with Gasteiger partial charge in [-0.1, -0.05) is 17.7 Å². The molecule has 3 nitrogen and oxygen atoms in total. The first kappa shape index (κ1) is 16.1. The van der Waals surface area contributed by atoms with E-state index in [1.165, 1.54) is 12.1 Å². The lowest BCUT2D eigenvalue weighted by Crippen LogP contribution is -2.33. The number of hydrogen-bond acceptors (Lipinski definition) is 2. The molecule has 1 aliphatic rings. The number of halogens is 4. The molecule has 7 heteroatoms. The van der Waals surface area contributed by atoms with E-state index in [1.54, 1.807) is 0 Å². The molecule has 1 aromatic rings. The van der Waals surface area contributed by atoms with Crippen LogP contribution in [0.15, 0.2) is 18.2 Å². The third-order valence-electron chi connectivity index (χ3n) is 3.71. The van der Waals surface area contributed by atoms with Crippen LogP contribution in [-0.4, -0.2) is 11.9 Å². The summed E-state index contributed by atoms with van der Waals surface area (Å²) in [5.41, 5.74) is 4.45. The maximum Gasteiger partial charge on any atom is 0.418 e. The predicted octanol–water partition coefficient (Wildman–Crippen LogP) is 3.81. The minimum atomic E-state index is -4.57. The zero-order valence-electron chi connectivity index (χ0n) is 11.2. The van der Waals surface area contributed by atoms with Gasteiger partial charge in [0.15, 0.2) is 0 Å². The highest BCUT2D eigenvalue weighted by Crippen LogP contribution is 2.39. The largest absolute Gasteiger partial charge is 0.418 e. The summed E-state index contributed by atoms with van der Waals surface area (Å²) in [6.07, 6.45) is -2.00. The first-order valence-corrected chi connectivity index (χ1v) is 7.09. The normalized spacial score (nSPS) is 22.9. The summed E-state index contributed by atoms with van der Waals surface area (Å²) in [5, 5.41) is 2.22. The van der Waals surface area contributed by atoms with Crippen LogP contribution >= 0.6 is 11.6 Å². The number of hydrogen-bond donors (Lipinski definition) is 2. The Labute approximate surface area is 125 Å². The van der Waals surface area contributed by atoms with E-state index in [1.807, 2.05) is 0 Å². The highest BCUT2D eigenvalue weighted by atomic mass is 35.5. The first-order chi connectivity index (χ1) is 9.79. The maximum atomic E-state index is 12.9. The second-order valence-electron chi connectivity index (χ2n) is 5.26. The van der Waals surface area contributed by atoms with Crippen molar-refractivity contribution in [2.24, 2.45) is 11.7 Å². The van der Waals surface area contributed by atoms with Gasteiger partial charge in [-0.25, -0.2) is 0 Å². The number of alkyl halides is 3. The Morgan fingerprint density at radius 2 is 1.86 bits per heavy atom. The Morgan fingerprint density at radius 1 is 1.24 bits per heavy atom. The molecule has 0 saturated heterocycles. The second-order valence-corrected chi connectivity index (χ2v) is 5.67. The van der Waals surface area contributed by atoms with Gasteiger partial charge in [-0.2, -0.15) is 13.2 Å². The van der Waals surface area contributed by atoms with E-state index in [0.717, 1.165) is 6.07 Å². The fraction of sp³-hybridized carbons (Fsp3) is 0.500.